The number of rotatable bonds is 17. The van der Waals surface area contributed by atoms with Gasteiger partial charge in [0, 0.05) is 54.0 Å². The molecule has 1 saturated heterocycles. The Labute approximate surface area is 363 Å². The molecule has 1 aliphatic heterocycles. The minimum absolute atomic E-state index is 0.0231. The highest BCUT2D eigenvalue weighted by Crippen LogP contribution is 2.69. The average molecular weight is 908 g/mol. The molecular weight excluding hydrogens is 851 g/mol. The van der Waals surface area contributed by atoms with Gasteiger partial charge in [-0.3, -0.25) is 14.2 Å². The maximum atomic E-state index is 14.8. The summed E-state index contributed by atoms with van der Waals surface area (Å²) >= 11 is 1.42. The molecule has 0 bridgehead atoms. The van der Waals surface area contributed by atoms with Gasteiger partial charge in [-0.25, -0.2) is 14.8 Å². The van der Waals surface area contributed by atoms with Crippen LogP contribution in [0.1, 0.15) is 73.1 Å². The van der Waals surface area contributed by atoms with Crippen LogP contribution in [0.15, 0.2) is 42.3 Å². The van der Waals surface area contributed by atoms with Crippen LogP contribution in [0, 0.1) is 11.3 Å². The molecule has 340 valence electrons. The lowest BCUT2D eigenvalue weighted by Crippen LogP contribution is -2.58. The number of alkyl carbamates (subject to hydrolysis) is 1. The Hall–Kier alpha value is -4.45. The van der Waals surface area contributed by atoms with Crippen LogP contribution in [0.2, 0.25) is 0 Å². The van der Waals surface area contributed by atoms with E-state index in [4.69, 9.17) is 24.2 Å². The number of fused-ring (bicyclic) bond motifs is 1. The van der Waals surface area contributed by atoms with Crippen LogP contribution in [0.4, 0.5) is 23.1 Å². The van der Waals surface area contributed by atoms with E-state index in [0.29, 0.717) is 51.8 Å². The normalized spacial score (nSPS) is 23.1. The van der Waals surface area contributed by atoms with Gasteiger partial charge in [0.15, 0.2) is 5.13 Å². The first-order valence-corrected chi connectivity index (χ1v) is 23.5. The fraction of sp³-hybridized carbons (Fsp3) is 0.595. The molecule has 3 aromatic rings. The SMILES string of the molecule is C=C[C@@H]1C[C@]1(NC(=O)[C@@H]1C[C@@H](Oc2cc(-c3csc(NC(C)C)n3)nc3cc(OC)ccc23)CN1C(=O)[C@@H](NC(=O)OC1CCCC1)C(C)(C)C)P(=O)(O)CCNCC(F)(F)F. The topological polar surface area (TPSA) is 193 Å². The first kappa shape index (κ1) is 47.0. The lowest BCUT2D eigenvalue weighted by atomic mass is 9.85. The molecule has 0 radical (unpaired) electrons. The van der Waals surface area contributed by atoms with Crippen molar-refractivity contribution in [1.29, 1.82) is 0 Å². The molecule has 3 amide bonds. The summed E-state index contributed by atoms with van der Waals surface area (Å²) in [5.41, 5.74) is 0.760. The largest absolute Gasteiger partial charge is 0.497 e. The fourth-order valence-corrected chi connectivity index (χ4v) is 11.2. The highest BCUT2D eigenvalue weighted by molar-refractivity contribution is 7.60. The number of nitrogens with zero attached hydrogens (tertiary/aromatic N) is 3. The first-order valence-electron chi connectivity index (χ1n) is 20.8. The van der Waals surface area contributed by atoms with Gasteiger partial charge in [0.05, 0.1) is 31.4 Å². The molecule has 20 heteroatoms. The highest BCUT2D eigenvalue weighted by Gasteiger charge is 2.65. The third-order valence-corrected chi connectivity index (χ3v) is 14.9. The summed E-state index contributed by atoms with van der Waals surface area (Å²) in [6, 6.07) is 4.77. The molecule has 1 unspecified atom stereocenters. The number of likely N-dealkylation sites (tertiary alicyclic amines) is 1. The number of ether oxygens (including phenoxy) is 3. The van der Waals surface area contributed by atoms with Crippen LogP contribution >= 0.6 is 18.7 Å². The maximum absolute atomic E-state index is 14.8. The van der Waals surface area contributed by atoms with E-state index in [9.17, 15) is 37.0 Å². The molecule has 62 heavy (non-hydrogen) atoms. The second-order valence-corrected chi connectivity index (χ2v) is 21.1. The number of hydrogen-bond acceptors (Lipinski definition) is 12. The van der Waals surface area contributed by atoms with Crippen molar-refractivity contribution < 1.29 is 51.2 Å². The van der Waals surface area contributed by atoms with Crippen molar-refractivity contribution in [3.63, 3.8) is 0 Å². The van der Waals surface area contributed by atoms with Crippen LogP contribution in [-0.2, 0) is 18.9 Å². The number of carbonyl (C=O) groups is 3. The van der Waals surface area contributed by atoms with Gasteiger partial charge in [-0.15, -0.1) is 17.9 Å². The number of methoxy groups -OCH3 is 1. The molecule has 2 aliphatic carbocycles. The Morgan fingerprint density at radius 3 is 2.47 bits per heavy atom. The van der Waals surface area contributed by atoms with Gasteiger partial charge in [-0.05, 0) is 63.5 Å². The number of anilines is 1. The number of pyridine rings is 1. The molecule has 15 nitrogen and oxygen atoms in total. The summed E-state index contributed by atoms with van der Waals surface area (Å²) in [5, 5.41) is 12.4. The van der Waals surface area contributed by atoms with Gasteiger partial charge in [0.1, 0.15) is 46.8 Å². The third-order valence-electron chi connectivity index (χ3n) is 11.4. The summed E-state index contributed by atoms with van der Waals surface area (Å²) in [6.07, 6.45) is -2.26. The second-order valence-electron chi connectivity index (χ2n) is 17.6. The van der Waals surface area contributed by atoms with E-state index in [1.165, 1.54) is 22.3 Å². The quantitative estimate of drug-likeness (QED) is 0.0527. The van der Waals surface area contributed by atoms with Crippen LogP contribution in [-0.4, -0.2) is 112 Å². The van der Waals surface area contributed by atoms with Gasteiger partial charge in [-0.1, -0.05) is 26.8 Å². The Morgan fingerprint density at radius 2 is 1.84 bits per heavy atom. The van der Waals surface area contributed by atoms with E-state index in [1.54, 1.807) is 52.1 Å². The smallest absolute Gasteiger partial charge is 0.408 e. The van der Waals surface area contributed by atoms with Crippen molar-refractivity contribution in [3.05, 3.63) is 42.3 Å². The van der Waals surface area contributed by atoms with E-state index in [0.717, 1.165) is 12.8 Å². The monoisotopic (exact) mass is 907 g/mol. The van der Waals surface area contributed by atoms with E-state index >= 15 is 0 Å². The number of aromatic nitrogens is 2. The lowest BCUT2D eigenvalue weighted by molar-refractivity contribution is -0.142. The Bertz CT molecular complexity index is 2180. The molecule has 6 rings (SSSR count). The molecular formula is C42H57F3N7O8PS. The van der Waals surface area contributed by atoms with Crippen LogP contribution in [0.25, 0.3) is 22.3 Å². The van der Waals surface area contributed by atoms with Gasteiger partial charge in [-0.2, -0.15) is 13.2 Å². The zero-order valence-corrected chi connectivity index (χ0v) is 37.6. The number of alkyl halides is 3. The first-order chi connectivity index (χ1) is 29.1. The van der Waals surface area contributed by atoms with Gasteiger partial charge in [0.2, 0.25) is 19.2 Å². The standard InChI is InChI=1S/C42H57F3N7O8PS/c1-8-25-20-41(25,61(56,57)16-15-46-23-42(43,44)45)51-36(53)33-18-28(21-52(33)37(54)35(40(4,5)6)50-39(55)60-26-11-9-10-12-26)59-34-19-31(32-22-62-38(49-32)47-24(2)3)48-30-17-27(58-7)13-14-29(30)34/h8,13-14,17,19,22,24-26,28,33,35,46H,1,9-12,15-16,18,20-21,23H2,2-7H3,(H,47,49)(H,50,55)(H,51,53)(H,56,57)/t25-,28-,33+,35-,41+/m1/s1. The summed E-state index contributed by atoms with van der Waals surface area (Å²) in [4.78, 5) is 64.8. The molecule has 0 spiro atoms. The molecule has 3 fully saturated rings. The average Bonchev–Trinajstić information content (AvgIpc) is 3.59. The van der Waals surface area contributed by atoms with E-state index in [-0.39, 0.29) is 31.5 Å². The van der Waals surface area contributed by atoms with Crippen LogP contribution < -0.4 is 30.7 Å². The zero-order valence-electron chi connectivity index (χ0n) is 35.8. The number of nitrogens with one attached hydrogen (secondary N) is 4. The highest BCUT2D eigenvalue weighted by atomic mass is 32.1. The predicted octanol–water partition coefficient (Wildman–Crippen LogP) is 7.06. The molecule has 1 aromatic carbocycles. The number of amides is 3. The molecule has 3 heterocycles. The maximum Gasteiger partial charge on any atom is 0.408 e. The fourth-order valence-electron chi connectivity index (χ4n) is 8.06. The van der Waals surface area contributed by atoms with E-state index < -0.39 is 85.5 Å². The van der Waals surface area contributed by atoms with Crippen LogP contribution in [0.5, 0.6) is 11.5 Å². The summed E-state index contributed by atoms with van der Waals surface area (Å²) in [7, 11) is -2.83. The molecule has 5 N–H and O–H groups in total. The van der Waals surface area contributed by atoms with Gasteiger partial charge >= 0.3 is 12.3 Å². The van der Waals surface area contributed by atoms with E-state index in [1.807, 2.05) is 19.2 Å². The van der Waals surface area contributed by atoms with Gasteiger partial charge in [0.25, 0.3) is 0 Å². The van der Waals surface area contributed by atoms with Crippen molar-refractivity contribution in [2.24, 2.45) is 11.3 Å². The van der Waals surface area contributed by atoms with Crippen molar-refractivity contribution in [3.8, 4) is 22.9 Å². The van der Waals surface area contributed by atoms with Crippen molar-refractivity contribution >= 4 is 52.6 Å². The number of hydrogen-bond donors (Lipinski definition) is 5. The summed E-state index contributed by atoms with van der Waals surface area (Å²) in [6.45, 7) is 11.2. The predicted molar refractivity (Wildman–Crippen MR) is 231 cm³/mol. The summed E-state index contributed by atoms with van der Waals surface area (Å²) in [5.74, 6) is -1.07. The number of thiazole rings is 1. The minimum atomic E-state index is -4.52. The molecule has 3 aliphatic rings. The van der Waals surface area contributed by atoms with Crippen molar-refractivity contribution in [2.45, 2.75) is 115 Å². The lowest BCUT2D eigenvalue weighted by Gasteiger charge is -2.36. The molecule has 2 saturated carbocycles. The van der Waals surface area contributed by atoms with Gasteiger partial charge < -0.3 is 45.3 Å². The second kappa shape index (κ2) is 18.7. The Morgan fingerprint density at radius 1 is 1.11 bits per heavy atom. The number of carbonyl (C=O) groups excluding carboxylic acids is 3. The van der Waals surface area contributed by atoms with E-state index in [2.05, 4.69) is 27.8 Å². The zero-order chi connectivity index (χ0) is 45.2. The number of halogens is 3. The van der Waals surface area contributed by atoms with Crippen molar-refractivity contribution in [2.75, 3.05) is 38.2 Å². The summed E-state index contributed by atoms with van der Waals surface area (Å²) < 4.78 is 70.3. The number of benzene rings is 1. The van der Waals surface area contributed by atoms with Crippen LogP contribution in [0.3, 0.4) is 0 Å². The molecule has 2 aromatic heterocycles. The Kier molecular flexibility index (Phi) is 14.2. The third kappa shape index (κ3) is 11.0. The van der Waals surface area contributed by atoms with Crippen molar-refractivity contribution in [1.82, 2.24) is 30.8 Å². The molecule has 6 atom stereocenters. The Balaban J connectivity index is 1.32. The minimum Gasteiger partial charge on any atom is -0.497 e.